The smallest absolute Gasteiger partial charge is 0.101 e. The Labute approximate surface area is 61.2 Å². The van der Waals surface area contributed by atoms with E-state index in [0.29, 0.717) is 6.42 Å². The second-order valence-corrected chi connectivity index (χ2v) is 2.92. The summed E-state index contributed by atoms with van der Waals surface area (Å²) in [5, 5.41) is 18.5. The van der Waals surface area contributed by atoms with Crippen LogP contribution in [-0.4, -0.2) is 22.4 Å². The molecule has 0 aromatic carbocycles. The van der Waals surface area contributed by atoms with Gasteiger partial charge in [0.2, 0.25) is 0 Å². The van der Waals surface area contributed by atoms with E-state index in [4.69, 9.17) is 0 Å². The Kier molecular flexibility index (Phi) is 2.46. The molecule has 2 heteroatoms. The van der Waals surface area contributed by atoms with E-state index >= 15 is 0 Å². The van der Waals surface area contributed by atoms with Gasteiger partial charge < -0.3 is 10.2 Å². The first-order valence-corrected chi connectivity index (χ1v) is 3.75. The van der Waals surface area contributed by atoms with E-state index < -0.39 is 12.2 Å². The van der Waals surface area contributed by atoms with Gasteiger partial charge in [-0.15, -0.1) is 0 Å². The van der Waals surface area contributed by atoms with Crippen LogP contribution in [-0.2, 0) is 0 Å². The van der Waals surface area contributed by atoms with Crippen LogP contribution in [0.1, 0.15) is 25.7 Å². The molecule has 1 fully saturated rings. The van der Waals surface area contributed by atoms with Crippen LogP contribution < -0.4 is 0 Å². The molecule has 0 radical (unpaired) electrons. The molecule has 2 unspecified atom stereocenters. The van der Waals surface area contributed by atoms with Gasteiger partial charge in [-0.25, -0.2) is 0 Å². The Balaban J connectivity index is 2.55. The molecule has 1 rings (SSSR count). The third-order valence-corrected chi connectivity index (χ3v) is 2.03. The molecule has 0 aliphatic heterocycles. The summed E-state index contributed by atoms with van der Waals surface area (Å²) in [5.41, 5.74) is 0.782. The van der Waals surface area contributed by atoms with Crippen LogP contribution in [0, 0.1) is 0 Å². The maximum absolute atomic E-state index is 9.28. The van der Waals surface area contributed by atoms with Gasteiger partial charge in [0.1, 0.15) is 6.10 Å². The lowest BCUT2D eigenvalue weighted by Crippen LogP contribution is -2.25. The molecule has 0 aromatic heterocycles. The lowest BCUT2D eigenvalue weighted by Gasteiger charge is -2.15. The van der Waals surface area contributed by atoms with Crippen molar-refractivity contribution in [2.45, 2.75) is 37.9 Å². The first-order valence-electron chi connectivity index (χ1n) is 3.75. The van der Waals surface area contributed by atoms with Gasteiger partial charge in [0.15, 0.2) is 0 Å². The van der Waals surface area contributed by atoms with Crippen molar-refractivity contribution in [1.82, 2.24) is 0 Å². The number of rotatable bonds is 0. The Morgan fingerprint density at radius 1 is 1.30 bits per heavy atom. The molecule has 2 nitrogen and oxygen atoms in total. The largest absolute Gasteiger partial charge is 0.390 e. The summed E-state index contributed by atoms with van der Waals surface area (Å²) in [7, 11) is 0. The summed E-state index contributed by atoms with van der Waals surface area (Å²) < 4.78 is 0. The molecule has 1 aliphatic rings. The number of aliphatic hydroxyl groups is 2. The van der Waals surface area contributed by atoms with Gasteiger partial charge in [-0.05, 0) is 24.8 Å². The Bertz CT molecular complexity index is 131. The first-order chi connectivity index (χ1) is 4.72. The molecule has 0 bridgehead atoms. The van der Waals surface area contributed by atoms with Crippen LogP contribution in [0.15, 0.2) is 12.2 Å². The molecular weight excluding hydrogens is 128 g/mol. The van der Waals surface area contributed by atoms with E-state index in [0.717, 1.165) is 24.8 Å². The van der Waals surface area contributed by atoms with Gasteiger partial charge in [-0.1, -0.05) is 13.0 Å². The molecule has 0 amide bonds. The van der Waals surface area contributed by atoms with Crippen LogP contribution in [0.25, 0.3) is 0 Å². The van der Waals surface area contributed by atoms with Crippen molar-refractivity contribution in [3.63, 3.8) is 0 Å². The maximum atomic E-state index is 9.28. The zero-order valence-electron chi connectivity index (χ0n) is 6.08. The van der Waals surface area contributed by atoms with Crippen molar-refractivity contribution in [2.75, 3.05) is 0 Å². The van der Waals surface area contributed by atoms with Gasteiger partial charge in [-0.3, -0.25) is 0 Å². The van der Waals surface area contributed by atoms with Crippen molar-refractivity contribution < 1.29 is 10.2 Å². The SMILES string of the molecule is C=C1CCCCC(O)C1O. The zero-order valence-corrected chi connectivity index (χ0v) is 6.08. The fourth-order valence-corrected chi connectivity index (χ4v) is 1.28. The fraction of sp³-hybridized carbons (Fsp3) is 0.750. The highest BCUT2D eigenvalue weighted by molar-refractivity contribution is 5.05. The van der Waals surface area contributed by atoms with Crippen LogP contribution in [0.5, 0.6) is 0 Å². The average Bonchev–Trinajstić information content (AvgIpc) is 2.04. The fourth-order valence-electron chi connectivity index (χ4n) is 1.28. The first kappa shape index (κ1) is 7.76. The minimum Gasteiger partial charge on any atom is -0.390 e. The van der Waals surface area contributed by atoms with Crippen molar-refractivity contribution in [3.05, 3.63) is 12.2 Å². The Morgan fingerprint density at radius 3 is 2.70 bits per heavy atom. The highest BCUT2D eigenvalue weighted by Gasteiger charge is 2.21. The topological polar surface area (TPSA) is 40.5 Å². The predicted molar refractivity (Wildman–Crippen MR) is 39.6 cm³/mol. The molecule has 2 N–H and O–H groups in total. The monoisotopic (exact) mass is 142 g/mol. The highest BCUT2D eigenvalue weighted by Crippen LogP contribution is 2.21. The summed E-state index contributed by atoms with van der Waals surface area (Å²) >= 11 is 0. The molecule has 1 saturated carbocycles. The molecule has 0 heterocycles. The molecule has 0 aromatic rings. The molecule has 1 aliphatic carbocycles. The van der Waals surface area contributed by atoms with E-state index in [9.17, 15) is 10.2 Å². The van der Waals surface area contributed by atoms with Crippen LogP contribution in [0.2, 0.25) is 0 Å². The second kappa shape index (κ2) is 3.17. The normalized spacial score (nSPS) is 35.6. The van der Waals surface area contributed by atoms with Gasteiger partial charge in [0.25, 0.3) is 0 Å². The maximum Gasteiger partial charge on any atom is 0.101 e. The zero-order chi connectivity index (χ0) is 7.56. The minimum atomic E-state index is -0.678. The van der Waals surface area contributed by atoms with Crippen LogP contribution >= 0.6 is 0 Å². The Morgan fingerprint density at radius 2 is 2.00 bits per heavy atom. The Hall–Kier alpha value is -0.340. The summed E-state index contributed by atoms with van der Waals surface area (Å²) in [6.07, 6.45) is 2.36. The minimum absolute atomic E-state index is 0.574. The third-order valence-electron chi connectivity index (χ3n) is 2.03. The summed E-state index contributed by atoms with van der Waals surface area (Å²) in [5.74, 6) is 0. The van der Waals surface area contributed by atoms with Crippen molar-refractivity contribution in [2.24, 2.45) is 0 Å². The summed E-state index contributed by atoms with van der Waals surface area (Å²) in [6, 6.07) is 0. The van der Waals surface area contributed by atoms with E-state index in [-0.39, 0.29) is 0 Å². The van der Waals surface area contributed by atoms with Crippen LogP contribution in [0.4, 0.5) is 0 Å². The molecule has 2 atom stereocenters. The standard InChI is InChI=1S/C8H14O2/c1-6-4-2-3-5-7(9)8(6)10/h7-10H,1-5H2. The van der Waals surface area contributed by atoms with Gasteiger partial charge in [0, 0.05) is 0 Å². The summed E-state index contributed by atoms with van der Waals surface area (Å²) in [6.45, 7) is 3.70. The van der Waals surface area contributed by atoms with Gasteiger partial charge in [-0.2, -0.15) is 0 Å². The predicted octanol–water partition coefficient (Wildman–Crippen LogP) is 0.838. The average molecular weight is 142 g/mol. The van der Waals surface area contributed by atoms with E-state index in [1.807, 2.05) is 0 Å². The van der Waals surface area contributed by atoms with E-state index in [2.05, 4.69) is 6.58 Å². The van der Waals surface area contributed by atoms with Gasteiger partial charge in [0.05, 0.1) is 6.10 Å². The number of hydrogen-bond acceptors (Lipinski definition) is 2. The second-order valence-electron chi connectivity index (χ2n) is 2.92. The van der Waals surface area contributed by atoms with E-state index in [1.165, 1.54) is 0 Å². The quantitative estimate of drug-likeness (QED) is 0.388. The summed E-state index contributed by atoms with van der Waals surface area (Å²) in [4.78, 5) is 0. The van der Waals surface area contributed by atoms with Gasteiger partial charge >= 0.3 is 0 Å². The lowest BCUT2D eigenvalue weighted by atomic mass is 10.1. The molecule has 10 heavy (non-hydrogen) atoms. The van der Waals surface area contributed by atoms with Crippen molar-refractivity contribution >= 4 is 0 Å². The molecular formula is C8H14O2. The van der Waals surface area contributed by atoms with Crippen molar-refractivity contribution in [1.29, 1.82) is 0 Å². The third kappa shape index (κ3) is 1.58. The highest BCUT2D eigenvalue weighted by atomic mass is 16.3. The molecule has 0 saturated heterocycles. The lowest BCUT2D eigenvalue weighted by molar-refractivity contribution is 0.0395. The molecule has 58 valence electrons. The number of hydrogen-bond donors (Lipinski definition) is 2. The van der Waals surface area contributed by atoms with Crippen LogP contribution in [0.3, 0.4) is 0 Å². The number of aliphatic hydroxyl groups excluding tert-OH is 2. The molecule has 0 spiro atoms. The van der Waals surface area contributed by atoms with E-state index in [1.54, 1.807) is 0 Å². The van der Waals surface area contributed by atoms with Crippen molar-refractivity contribution in [3.8, 4) is 0 Å².